The van der Waals surface area contributed by atoms with Gasteiger partial charge >= 0.3 is 6.18 Å². The highest BCUT2D eigenvalue weighted by molar-refractivity contribution is 7.89. The van der Waals surface area contributed by atoms with Crippen molar-refractivity contribution in [3.8, 4) is 0 Å². The summed E-state index contributed by atoms with van der Waals surface area (Å²) in [5.74, 6) is -3.20. The Kier molecular flexibility index (Phi) is 5.85. The zero-order valence-corrected chi connectivity index (χ0v) is 15.6. The highest BCUT2D eigenvalue weighted by Crippen LogP contribution is 2.27. The fourth-order valence-electron chi connectivity index (χ4n) is 2.49. The molecule has 0 fully saturated rings. The number of sulfonamides is 1. The second kappa shape index (κ2) is 7.51. The van der Waals surface area contributed by atoms with Gasteiger partial charge in [0.05, 0.1) is 0 Å². The van der Waals surface area contributed by atoms with E-state index in [1.165, 1.54) is 18.6 Å². The fraction of sp³-hybridized carbons (Fsp3) is 0.312. The molecule has 6 nitrogen and oxygen atoms in total. The van der Waals surface area contributed by atoms with Crippen LogP contribution in [0.1, 0.15) is 28.7 Å². The molecule has 154 valence electrons. The van der Waals surface area contributed by atoms with Gasteiger partial charge in [0.15, 0.2) is 11.6 Å². The SMILES string of the molecule is Cc1[nH]c(C(=O)Nc2ccc(F)c(F)c2)c(C)c1S(=O)(=O)N[C@@H](C)C(F)(F)F. The van der Waals surface area contributed by atoms with Crippen LogP contribution in [0.3, 0.4) is 0 Å². The predicted octanol–water partition coefficient (Wildman–Crippen LogP) is 3.39. The standard InChI is InChI=1S/C16H16F5N3O3S/c1-7-13(15(25)23-10-4-5-11(17)12(18)6-10)22-8(2)14(7)28(26,27)24-9(3)16(19,20)21/h4-6,9,22,24H,1-3H3,(H,23,25)/t9-/m0/s1. The number of nitrogens with one attached hydrogen (secondary N) is 3. The molecule has 2 aromatic rings. The molecule has 0 saturated carbocycles. The van der Waals surface area contributed by atoms with Crippen LogP contribution in [-0.2, 0) is 10.0 Å². The Balaban J connectivity index is 2.34. The van der Waals surface area contributed by atoms with E-state index in [2.05, 4.69) is 10.3 Å². The van der Waals surface area contributed by atoms with Crippen molar-refractivity contribution in [3.05, 3.63) is 46.8 Å². The molecule has 0 unspecified atom stereocenters. The summed E-state index contributed by atoms with van der Waals surface area (Å²) in [5.41, 5.74) is -0.527. The predicted molar refractivity (Wildman–Crippen MR) is 90.4 cm³/mol. The first kappa shape index (κ1) is 21.8. The van der Waals surface area contributed by atoms with E-state index in [0.29, 0.717) is 6.92 Å². The monoisotopic (exact) mass is 425 g/mol. The molecule has 0 saturated heterocycles. The Morgan fingerprint density at radius 1 is 1.14 bits per heavy atom. The minimum atomic E-state index is -4.79. The maximum atomic E-state index is 13.2. The second-order valence-corrected chi connectivity index (χ2v) is 7.70. The van der Waals surface area contributed by atoms with Crippen LogP contribution in [0.15, 0.2) is 23.1 Å². The van der Waals surface area contributed by atoms with Gasteiger partial charge in [-0.05, 0) is 38.5 Å². The minimum absolute atomic E-state index is 0.0604. The van der Waals surface area contributed by atoms with Crippen molar-refractivity contribution in [2.75, 3.05) is 5.32 Å². The molecule has 0 spiro atoms. The number of aromatic amines is 1. The van der Waals surface area contributed by atoms with E-state index in [9.17, 15) is 35.2 Å². The van der Waals surface area contributed by atoms with Gasteiger partial charge in [0.25, 0.3) is 5.91 Å². The van der Waals surface area contributed by atoms with Crippen molar-refractivity contribution in [2.24, 2.45) is 0 Å². The Hall–Kier alpha value is -2.47. The number of rotatable bonds is 5. The maximum absolute atomic E-state index is 13.2. The summed E-state index contributed by atoms with van der Waals surface area (Å²) in [5, 5.41) is 2.25. The van der Waals surface area contributed by atoms with Gasteiger partial charge in [-0.1, -0.05) is 0 Å². The first-order chi connectivity index (χ1) is 12.7. The number of aromatic nitrogens is 1. The van der Waals surface area contributed by atoms with E-state index in [0.717, 1.165) is 18.2 Å². The molecule has 0 aliphatic carbocycles. The van der Waals surface area contributed by atoms with Crippen LogP contribution in [0.2, 0.25) is 0 Å². The van der Waals surface area contributed by atoms with Crippen LogP contribution in [0, 0.1) is 25.5 Å². The van der Waals surface area contributed by atoms with E-state index in [1.54, 1.807) is 0 Å². The first-order valence-electron chi connectivity index (χ1n) is 7.78. The van der Waals surface area contributed by atoms with Gasteiger partial charge in [0.2, 0.25) is 10.0 Å². The van der Waals surface area contributed by atoms with Crippen molar-refractivity contribution in [1.29, 1.82) is 0 Å². The third kappa shape index (κ3) is 4.50. The highest BCUT2D eigenvalue weighted by Gasteiger charge is 2.40. The van der Waals surface area contributed by atoms with E-state index < -0.39 is 44.7 Å². The first-order valence-corrected chi connectivity index (χ1v) is 9.27. The summed E-state index contributed by atoms with van der Waals surface area (Å²) >= 11 is 0. The molecular formula is C16H16F5N3O3S. The molecule has 12 heteroatoms. The van der Waals surface area contributed by atoms with Gasteiger partial charge in [-0.2, -0.15) is 17.9 Å². The number of benzene rings is 1. The van der Waals surface area contributed by atoms with E-state index in [4.69, 9.17) is 0 Å². The highest BCUT2D eigenvalue weighted by atomic mass is 32.2. The van der Waals surface area contributed by atoms with Crippen molar-refractivity contribution in [3.63, 3.8) is 0 Å². The normalized spacial score (nSPS) is 13.4. The van der Waals surface area contributed by atoms with Crippen LogP contribution < -0.4 is 10.0 Å². The number of H-pyrrole nitrogens is 1. The lowest BCUT2D eigenvalue weighted by molar-refractivity contribution is -0.147. The molecule has 1 atom stereocenters. The Bertz CT molecular complexity index is 1020. The molecule has 1 aromatic carbocycles. The average molecular weight is 425 g/mol. The third-order valence-electron chi connectivity index (χ3n) is 3.86. The molecule has 1 heterocycles. The van der Waals surface area contributed by atoms with Crippen LogP contribution in [-0.4, -0.2) is 31.5 Å². The third-order valence-corrected chi connectivity index (χ3v) is 5.68. The summed E-state index contributed by atoms with van der Waals surface area (Å²) in [6, 6.07) is 0.260. The number of aryl methyl sites for hydroxylation is 1. The minimum Gasteiger partial charge on any atom is -0.353 e. The maximum Gasteiger partial charge on any atom is 0.404 e. The van der Waals surface area contributed by atoms with Gasteiger partial charge in [-0.15, -0.1) is 0 Å². The van der Waals surface area contributed by atoms with Gasteiger partial charge in [0, 0.05) is 17.4 Å². The summed E-state index contributed by atoms with van der Waals surface area (Å²) in [6.45, 7) is 3.15. The number of anilines is 1. The fourth-order valence-corrected chi connectivity index (χ4v) is 4.17. The molecule has 28 heavy (non-hydrogen) atoms. The largest absolute Gasteiger partial charge is 0.404 e. The molecule has 1 amide bonds. The van der Waals surface area contributed by atoms with Crippen LogP contribution in [0.25, 0.3) is 0 Å². The lowest BCUT2D eigenvalue weighted by Gasteiger charge is -2.17. The topological polar surface area (TPSA) is 91.1 Å². The summed E-state index contributed by atoms with van der Waals surface area (Å²) < 4.78 is 90.4. The van der Waals surface area contributed by atoms with Gasteiger partial charge in [0.1, 0.15) is 16.6 Å². The number of halogens is 5. The van der Waals surface area contributed by atoms with Crippen LogP contribution in [0.4, 0.5) is 27.6 Å². The van der Waals surface area contributed by atoms with Gasteiger partial charge in [-0.25, -0.2) is 17.2 Å². The Labute approximate surface area is 157 Å². The van der Waals surface area contributed by atoms with Gasteiger partial charge in [-0.3, -0.25) is 4.79 Å². The van der Waals surface area contributed by atoms with Gasteiger partial charge < -0.3 is 10.3 Å². The second-order valence-electron chi connectivity index (χ2n) is 6.05. The van der Waals surface area contributed by atoms with Crippen molar-refractivity contribution < 1.29 is 35.2 Å². The smallest absolute Gasteiger partial charge is 0.353 e. The molecule has 0 radical (unpaired) electrons. The summed E-state index contributed by atoms with van der Waals surface area (Å²) in [7, 11) is -4.59. The van der Waals surface area contributed by atoms with Crippen molar-refractivity contribution in [2.45, 2.75) is 37.9 Å². The van der Waals surface area contributed by atoms with E-state index >= 15 is 0 Å². The van der Waals surface area contributed by atoms with E-state index in [1.807, 2.05) is 0 Å². The molecule has 0 bridgehead atoms. The molecule has 0 aliphatic rings. The molecule has 0 aliphatic heterocycles. The molecule has 2 rings (SSSR count). The number of carbonyl (C=O) groups is 1. The van der Waals surface area contributed by atoms with E-state index in [-0.39, 0.29) is 22.6 Å². The number of hydrogen-bond donors (Lipinski definition) is 3. The average Bonchev–Trinajstić information content (AvgIpc) is 2.85. The lowest BCUT2D eigenvalue weighted by Crippen LogP contribution is -2.43. The van der Waals surface area contributed by atoms with Crippen LogP contribution in [0.5, 0.6) is 0 Å². The quantitative estimate of drug-likeness (QED) is 0.642. The zero-order chi connectivity index (χ0) is 21.4. The lowest BCUT2D eigenvalue weighted by atomic mass is 10.2. The molecule has 3 N–H and O–H groups in total. The number of hydrogen-bond acceptors (Lipinski definition) is 3. The molecular weight excluding hydrogens is 409 g/mol. The number of amides is 1. The van der Waals surface area contributed by atoms with Crippen LogP contribution >= 0.6 is 0 Å². The Morgan fingerprint density at radius 2 is 1.75 bits per heavy atom. The summed E-state index contributed by atoms with van der Waals surface area (Å²) in [6.07, 6.45) is -4.79. The summed E-state index contributed by atoms with van der Waals surface area (Å²) in [4.78, 5) is 14.3. The number of carbonyl (C=O) groups excluding carboxylic acids is 1. The van der Waals surface area contributed by atoms with Crippen molar-refractivity contribution in [1.82, 2.24) is 9.71 Å². The zero-order valence-electron chi connectivity index (χ0n) is 14.8. The van der Waals surface area contributed by atoms with Crippen molar-refractivity contribution >= 4 is 21.6 Å². The number of alkyl halides is 3. The molecule has 1 aromatic heterocycles. The Morgan fingerprint density at radius 3 is 2.29 bits per heavy atom.